The number of nitrogens with one attached hydrogen (secondary N) is 1. The number of hydrogen-bond acceptors (Lipinski definition) is 5. The summed E-state index contributed by atoms with van der Waals surface area (Å²) in [6.07, 6.45) is 4.70. The molecule has 140 valence electrons. The molecule has 7 heteroatoms. The Morgan fingerprint density at radius 3 is 2.57 bits per heavy atom. The average molecular weight is 390 g/mol. The van der Waals surface area contributed by atoms with Crippen LogP contribution in [0.2, 0.25) is 0 Å². The second kappa shape index (κ2) is 8.14. The number of anilines is 2. The largest absolute Gasteiger partial charge is 0.312 e. The third-order valence-corrected chi connectivity index (χ3v) is 5.27. The van der Waals surface area contributed by atoms with Crippen LogP contribution in [-0.2, 0) is 9.59 Å². The maximum atomic E-state index is 12.1. The summed E-state index contributed by atoms with van der Waals surface area (Å²) in [6, 6.07) is 17.3. The van der Waals surface area contributed by atoms with Crippen molar-refractivity contribution in [3.8, 4) is 10.6 Å². The second-order valence-corrected chi connectivity index (χ2v) is 7.32. The highest BCUT2D eigenvalue weighted by molar-refractivity contribution is 7.18. The van der Waals surface area contributed by atoms with Crippen molar-refractivity contribution >= 4 is 40.0 Å². The molecule has 1 aliphatic heterocycles. The van der Waals surface area contributed by atoms with E-state index in [1.165, 1.54) is 17.4 Å². The Bertz CT molecular complexity index is 1010. The molecule has 0 unspecified atom stereocenters. The van der Waals surface area contributed by atoms with Crippen molar-refractivity contribution in [3.63, 3.8) is 0 Å². The quantitative estimate of drug-likeness (QED) is 0.669. The van der Waals surface area contributed by atoms with Crippen LogP contribution in [0.1, 0.15) is 18.4 Å². The van der Waals surface area contributed by atoms with E-state index in [1.807, 2.05) is 54.6 Å². The van der Waals surface area contributed by atoms with Gasteiger partial charge in [-0.05, 0) is 30.2 Å². The van der Waals surface area contributed by atoms with Crippen LogP contribution in [0.3, 0.4) is 0 Å². The lowest BCUT2D eigenvalue weighted by Gasteiger charge is -2.15. The smallest absolute Gasteiger partial charge is 0.250 e. The van der Waals surface area contributed by atoms with Crippen LogP contribution in [0.5, 0.6) is 0 Å². The predicted molar refractivity (Wildman–Crippen MR) is 111 cm³/mol. The molecule has 2 amide bonds. The summed E-state index contributed by atoms with van der Waals surface area (Å²) in [6.45, 7) is 0.767. The molecule has 1 fully saturated rings. The fourth-order valence-electron chi connectivity index (χ4n) is 2.98. The fraction of sp³-hybridized carbons (Fsp3) is 0.143. The zero-order chi connectivity index (χ0) is 19.3. The van der Waals surface area contributed by atoms with Gasteiger partial charge in [0.15, 0.2) is 0 Å². The number of rotatable bonds is 5. The fourth-order valence-corrected chi connectivity index (χ4v) is 3.73. The van der Waals surface area contributed by atoms with Gasteiger partial charge in [0.1, 0.15) is 5.01 Å². The zero-order valence-corrected chi connectivity index (χ0v) is 15.9. The topological polar surface area (TPSA) is 75.2 Å². The third-order valence-electron chi connectivity index (χ3n) is 4.38. The van der Waals surface area contributed by atoms with Crippen LogP contribution >= 0.6 is 11.3 Å². The molecule has 0 aliphatic carbocycles. The van der Waals surface area contributed by atoms with Crippen LogP contribution in [0.25, 0.3) is 16.6 Å². The minimum absolute atomic E-state index is 0.162. The lowest BCUT2D eigenvalue weighted by atomic mass is 10.2. The summed E-state index contributed by atoms with van der Waals surface area (Å²) in [5.41, 5.74) is 2.74. The SMILES string of the molecule is O=C(/C=C/c1ccc(N2CCCC2=O)cc1)Nc1nnc(-c2ccccc2)s1. The lowest BCUT2D eigenvalue weighted by Crippen LogP contribution is -2.23. The van der Waals surface area contributed by atoms with Crippen LogP contribution in [0.4, 0.5) is 10.8 Å². The number of carbonyl (C=O) groups excluding carboxylic acids is 2. The maximum absolute atomic E-state index is 12.1. The summed E-state index contributed by atoms with van der Waals surface area (Å²) in [4.78, 5) is 25.7. The molecule has 0 spiro atoms. The highest BCUT2D eigenvalue weighted by atomic mass is 32.1. The Morgan fingerprint density at radius 2 is 1.86 bits per heavy atom. The summed E-state index contributed by atoms with van der Waals surface area (Å²) < 4.78 is 0. The van der Waals surface area contributed by atoms with Crippen LogP contribution < -0.4 is 10.2 Å². The summed E-state index contributed by atoms with van der Waals surface area (Å²) in [7, 11) is 0. The average Bonchev–Trinajstić information content (AvgIpc) is 3.36. The first-order chi connectivity index (χ1) is 13.7. The van der Waals surface area contributed by atoms with Gasteiger partial charge in [-0.2, -0.15) is 0 Å². The number of nitrogens with zero attached hydrogens (tertiary/aromatic N) is 3. The van der Waals surface area contributed by atoms with E-state index in [1.54, 1.807) is 11.0 Å². The van der Waals surface area contributed by atoms with Crippen molar-refractivity contribution < 1.29 is 9.59 Å². The van der Waals surface area contributed by atoms with E-state index >= 15 is 0 Å². The number of amides is 2. The van der Waals surface area contributed by atoms with E-state index in [9.17, 15) is 9.59 Å². The monoisotopic (exact) mass is 390 g/mol. The van der Waals surface area contributed by atoms with Crippen molar-refractivity contribution in [2.24, 2.45) is 0 Å². The molecular weight excluding hydrogens is 372 g/mol. The molecule has 2 heterocycles. The second-order valence-electron chi connectivity index (χ2n) is 6.34. The Labute approximate surface area is 166 Å². The summed E-state index contributed by atoms with van der Waals surface area (Å²) >= 11 is 1.33. The van der Waals surface area contributed by atoms with Gasteiger partial charge < -0.3 is 4.90 Å². The highest BCUT2D eigenvalue weighted by Gasteiger charge is 2.21. The molecule has 0 atom stereocenters. The van der Waals surface area contributed by atoms with Gasteiger partial charge in [-0.25, -0.2) is 0 Å². The van der Waals surface area contributed by atoms with E-state index in [4.69, 9.17) is 0 Å². The van der Waals surface area contributed by atoms with E-state index in [-0.39, 0.29) is 11.8 Å². The molecule has 0 bridgehead atoms. The molecule has 1 saturated heterocycles. The van der Waals surface area contributed by atoms with Gasteiger partial charge in [0.05, 0.1) is 0 Å². The highest BCUT2D eigenvalue weighted by Crippen LogP contribution is 2.26. The summed E-state index contributed by atoms with van der Waals surface area (Å²) in [5.74, 6) is -0.107. The molecule has 0 saturated carbocycles. The van der Waals surface area contributed by atoms with Crippen molar-refractivity contribution in [2.45, 2.75) is 12.8 Å². The lowest BCUT2D eigenvalue weighted by molar-refractivity contribution is -0.117. The zero-order valence-electron chi connectivity index (χ0n) is 15.0. The minimum Gasteiger partial charge on any atom is -0.312 e. The van der Waals surface area contributed by atoms with Crippen molar-refractivity contribution in [1.82, 2.24) is 10.2 Å². The van der Waals surface area contributed by atoms with Gasteiger partial charge in [0.25, 0.3) is 0 Å². The van der Waals surface area contributed by atoms with Gasteiger partial charge in [0.2, 0.25) is 16.9 Å². The first-order valence-electron chi connectivity index (χ1n) is 8.97. The molecule has 1 N–H and O–H groups in total. The first-order valence-corrected chi connectivity index (χ1v) is 9.79. The molecule has 3 aromatic rings. The Kier molecular flexibility index (Phi) is 5.25. The maximum Gasteiger partial charge on any atom is 0.250 e. The van der Waals surface area contributed by atoms with Gasteiger partial charge in [-0.3, -0.25) is 14.9 Å². The molecule has 0 radical (unpaired) electrons. The summed E-state index contributed by atoms with van der Waals surface area (Å²) in [5, 5.41) is 12.1. The molecule has 1 aliphatic rings. The molecule has 6 nitrogen and oxygen atoms in total. The Morgan fingerprint density at radius 1 is 1.07 bits per heavy atom. The number of benzene rings is 2. The number of hydrogen-bond donors (Lipinski definition) is 1. The van der Waals surface area contributed by atoms with Gasteiger partial charge in [-0.15, -0.1) is 10.2 Å². The Hall–Kier alpha value is -3.32. The van der Waals surface area contributed by atoms with Gasteiger partial charge in [-0.1, -0.05) is 53.8 Å². The molecule has 1 aromatic heterocycles. The van der Waals surface area contributed by atoms with E-state index in [0.29, 0.717) is 11.6 Å². The van der Waals surface area contributed by atoms with Crippen molar-refractivity contribution in [2.75, 3.05) is 16.8 Å². The van der Waals surface area contributed by atoms with Crippen molar-refractivity contribution in [1.29, 1.82) is 0 Å². The number of aromatic nitrogens is 2. The molecular formula is C21H18N4O2S. The van der Waals surface area contributed by atoms with Gasteiger partial charge >= 0.3 is 0 Å². The van der Waals surface area contributed by atoms with E-state index < -0.39 is 0 Å². The van der Waals surface area contributed by atoms with E-state index in [2.05, 4.69) is 15.5 Å². The van der Waals surface area contributed by atoms with Crippen LogP contribution in [0.15, 0.2) is 60.7 Å². The number of carbonyl (C=O) groups is 2. The van der Waals surface area contributed by atoms with E-state index in [0.717, 1.165) is 34.8 Å². The van der Waals surface area contributed by atoms with Gasteiger partial charge in [0, 0.05) is 30.3 Å². The standard InChI is InChI=1S/C21H18N4O2S/c26-18(22-21-24-23-20(28-21)16-5-2-1-3-6-16)13-10-15-8-11-17(12-9-15)25-14-4-7-19(25)27/h1-3,5-6,8-13H,4,7,14H2,(H,22,24,26)/b13-10+. The predicted octanol–water partition coefficient (Wildman–Crippen LogP) is 3.98. The molecule has 4 rings (SSSR count). The minimum atomic E-state index is -0.269. The van der Waals surface area contributed by atoms with Crippen LogP contribution in [-0.4, -0.2) is 28.6 Å². The third kappa shape index (κ3) is 4.15. The first kappa shape index (κ1) is 18.1. The van der Waals surface area contributed by atoms with Crippen molar-refractivity contribution in [3.05, 3.63) is 66.2 Å². The van der Waals surface area contributed by atoms with Crippen LogP contribution in [0, 0.1) is 0 Å². The molecule has 2 aromatic carbocycles. The normalized spacial score (nSPS) is 14.0. The Balaban J connectivity index is 1.36. The molecule has 28 heavy (non-hydrogen) atoms.